The number of aliphatic imine (C=N–C) groups is 1. The van der Waals surface area contributed by atoms with Gasteiger partial charge in [-0.15, -0.1) is 35.3 Å². The smallest absolute Gasteiger partial charge is 0.350 e. The SMILES string of the molecule is CCNC(=NCC(C)(CC)CO)NC(C)c1nc(C)c(C(=O)OCC)s1.I. The number of carbonyl (C=O) groups excluding carboxylic acids is 1. The molecule has 0 saturated carbocycles. The van der Waals surface area contributed by atoms with Crippen LogP contribution in [0.4, 0.5) is 0 Å². The number of nitrogens with zero attached hydrogens (tertiary/aromatic N) is 2. The van der Waals surface area contributed by atoms with Crippen molar-refractivity contribution in [3.8, 4) is 0 Å². The van der Waals surface area contributed by atoms with Crippen molar-refractivity contribution in [1.82, 2.24) is 15.6 Å². The standard InChI is InChI=1S/C18H32N4O3S.HI/c1-7-18(6,11-23)10-20-17(19-8-2)22-13(5)15-21-12(4)14(26-15)16(24)25-9-3;/h13,23H,7-11H2,1-6H3,(H2,19,20,22);1H. The summed E-state index contributed by atoms with van der Waals surface area (Å²) < 4.78 is 5.07. The van der Waals surface area contributed by atoms with E-state index in [1.54, 1.807) is 6.92 Å². The molecular formula is C18H33IN4O3S. The molecule has 3 N–H and O–H groups in total. The average Bonchev–Trinajstić information content (AvgIpc) is 3.02. The number of carbonyl (C=O) groups is 1. The highest BCUT2D eigenvalue weighted by atomic mass is 127. The molecule has 0 aliphatic carbocycles. The van der Waals surface area contributed by atoms with Crippen molar-refractivity contribution in [2.75, 3.05) is 26.3 Å². The summed E-state index contributed by atoms with van der Waals surface area (Å²) >= 11 is 1.34. The fraction of sp³-hybridized carbons (Fsp3) is 0.722. The molecule has 0 bridgehead atoms. The van der Waals surface area contributed by atoms with Gasteiger partial charge < -0.3 is 20.5 Å². The number of nitrogens with one attached hydrogen (secondary N) is 2. The number of hydrogen-bond donors (Lipinski definition) is 3. The molecule has 0 saturated heterocycles. The second-order valence-electron chi connectivity index (χ2n) is 6.57. The first-order chi connectivity index (χ1) is 12.3. The van der Waals surface area contributed by atoms with Crippen molar-refractivity contribution in [2.24, 2.45) is 10.4 Å². The van der Waals surface area contributed by atoms with Crippen LogP contribution < -0.4 is 10.6 Å². The highest BCUT2D eigenvalue weighted by molar-refractivity contribution is 14.0. The average molecular weight is 512 g/mol. The molecule has 1 rings (SSSR count). The van der Waals surface area contributed by atoms with Crippen LogP contribution in [0.2, 0.25) is 0 Å². The highest BCUT2D eigenvalue weighted by Gasteiger charge is 2.22. The zero-order valence-electron chi connectivity index (χ0n) is 17.1. The Kier molecular flexibility index (Phi) is 12.1. The van der Waals surface area contributed by atoms with Gasteiger partial charge in [0.05, 0.1) is 31.5 Å². The fourth-order valence-electron chi connectivity index (χ4n) is 2.12. The normalized spacial score (nSPS) is 14.7. The lowest BCUT2D eigenvalue weighted by Gasteiger charge is -2.24. The van der Waals surface area contributed by atoms with Crippen molar-refractivity contribution in [1.29, 1.82) is 0 Å². The van der Waals surface area contributed by atoms with E-state index in [4.69, 9.17) is 4.74 Å². The molecule has 0 aromatic carbocycles. The molecule has 27 heavy (non-hydrogen) atoms. The molecule has 2 atom stereocenters. The largest absolute Gasteiger partial charge is 0.462 e. The van der Waals surface area contributed by atoms with E-state index in [0.29, 0.717) is 29.7 Å². The molecule has 0 aliphatic rings. The van der Waals surface area contributed by atoms with Gasteiger partial charge in [0, 0.05) is 12.0 Å². The number of halogens is 1. The third-order valence-electron chi connectivity index (χ3n) is 4.20. The van der Waals surface area contributed by atoms with E-state index < -0.39 is 0 Å². The van der Waals surface area contributed by atoms with Crippen molar-refractivity contribution in [3.63, 3.8) is 0 Å². The molecule has 9 heteroatoms. The second-order valence-corrected chi connectivity index (χ2v) is 7.60. The first-order valence-corrected chi connectivity index (χ1v) is 9.92. The van der Waals surface area contributed by atoms with E-state index in [0.717, 1.165) is 18.0 Å². The van der Waals surface area contributed by atoms with Crippen LogP contribution in [0.1, 0.15) is 67.5 Å². The first kappa shape index (κ1) is 26.1. The molecule has 1 aromatic heterocycles. The second kappa shape index (κ2) is 12.5. The molecule has 1 heterocycles. The van der Waals surface area contributed by atoms with Crippen LogP contribution in [0.25, 0.3) is 0 Å². The zero-order valence-corrected chi connectivity index (χ0v) is 20.2. The molecule has 0 amide bonds. The van der Waals surface area contributed by atoms with Crippen LogP contribution >= 0.6 is 35.3 Å². The van der Waals surface area contributed by atoms with E-state index in [1.807, 2.05) is 34.6 Å². The van der Waals surface area contributed by atoms with Gasteiger partial charge in [-0.25, -0.2) is 9.78 Å². The summed E-state index contributed by atoms with van der Waals surface area (Å²) in [7, 11) is 0. The number of thiazole rings is 1. The summed E-state index contributed by atoms with van der Waals surface area (Å²) in [6, 6.07) is -0.110. The van der Waals surface area contributed by atoms with Crippen molar-refractivity contribution in [3.05, 3.63) is 15.6 Å². The summed E-state index contributed by atoms with van der Waals surface area (Å²) in [5, 5.41) is 16.9. The predicted octanol–water partition coefficient (Wildman–Crippen LogP) is 3.27. The summed E-state index contributed by atoms with van der Waals surface area (Å²) in [5.74, 6) is 0.335. The van der Waals surface area contributed by atoms with E-state index in [-0.39, 0.29) is 48.0 Å². The number of ether oxygens (including phenoxy) is 1. The Labute approximate surface area is 183 Å². The monoisotopic (exact) mass is 512 g/mol. The summed E-state index contributed by atoms with van der Waals surface area (Å²) in [6.07, 6.45) is 0.844. The number of hydrogen-bond acceptors (Lipinski definition) is 6. The third-order valence-corrected chi connectivity index (χ3v) is 5.52. The predicted molar refractivity (Wildman–Crippen MR) is 121 cm³/mol. The van der Waals surface area contributed by atoms with Gasteiger partial charge in [0.25, 0.3) is 0 Å². The quantitative estimate of drug-likeness (QED) is 0.204. The molecule has 0 aliphatic heterocycles. The molecule has 0 radical (unpaired) electrons. The van der Waals surface area contributed by atoms with Crippen LogP contribution in [0.3, 0.4) is 0 Å². The Balaban J connectivity index is 0.00000676. The maximum absolute atomic E-state index is 12.0. The van der Waals surface area contributed by atoms with Gasteiger partial charge in [-0.1, -0.05) is 13.8 Å². The van der Waals surface area contributed by atoms with Crippen LogP contribution in [0.5, 0.6) is 0 Å². The number of guanidine groups is 1. The van der Waals surface area contributed by atoms with Gasteiger partial charge in [0.15, 0.2) is 5.96 Å². The number of aryl methyl sites for hydroxylation is 1. The number of aliphatic hydroxyl groups is 1. The van der Waals surface area contributed by atoms with Crippen molar-refractivity contribution >= 4 is 47.2 Å². The molecule has 2 unspecified atom stereocenters. The number of rotatable bonds is 9. The minimum atomic E-state index is -0.330. The molecular weight excluding hydrogens is 479 g/mol. The van der Waals surface area contributed by atoms with Gasteiger partial charge in [0.1, 0.15) is 9.88 Å². The summed E-state index contributed by atoms with van der Waals surface area (Å²) in [5.41, 5.74) is 0.443. The lowest BCUT2D eigenvalue weighted by Crippen LogP contribution is -2.40. The van der Waals surface area contributed by atoms with E-state index in [9.17, 15) is 9.90 Å². The van der Waals surface area contributed by atoms with Gasteiger partial charge >= 0.3 is 5.97 Å². The Hall–Kier alpha value is -0.940. The molecule has 1 aromatic rings. The molecule has 7 nitrogen and oxygen atoms in total. The Morgan fingerprint density at radius 3 is 2.59 bits per heavy atom. The van der Waals surface area contributed by atoms with Gasteiger partial charge in [-0.3, -0.25) is 4.99 Å². The Morgan fingerprint density at radius 2 is 2.07 bits per heavy atom. The lowest BCUT2D eigenvalue weighted by molar-refractivity contribution is 0.0531. The number of esters is 1. The topological polar surface area (TPSA) is 95.8 Å². The first-order valence-electron chi connectivity index (χ1n) is 9.10. The fourth-order valence-corrected chi connectivity index (χ4v) is 3.08. The summed E-state index contributed by atoms with van der Waals surface area (Å²) in [6.45, 7) is 13.3. The van der Waals surface area contributed by atoms with Gasteiger partial charge in [-0.05, 0) is 34.1 Å². The molecule has 0 spiro atoms. The van der Waals surface area contributed by atoms with Crippen LogP contribution in [-0.2, 0) is 4.74 Å². The maximum atomic E-state index is 12.0. The van der Waals surface area contributed by atoms with Crippen LogP contribution in [-0.4, -0.2) is 48.3 Å². The van der Waals surface area contributed by atoms with E-state index >= 15 is 0 Å². The molecule has 0 fully saturated rings. The third kappa shape index (κ3) is 7.90. The van der Waals surface area contributed by atoms with Gasteiger partial charge in [-0.2, -0.15) is 0 Å². The zero-order chi connectivity index (χ0) is 19.7. The summed E-state index contributed by atoms with van der Waals surface area (Å²) in [4.78, 5) is 21.6. The van der Waals surface area contributed by atoms with Gasteiger partial charge in [0.2, 0.25) is 0 Å². The maximum Gasteiger partial charge on any atom is 0.350 e. The minimum Gasteiger partial charge on any atom is -0.462 e. The Morgan fingerprint density at radius 1 is 1.41 bits per heavy atom. The highest BCUT2D eigenvalue weighted by Crippen LogP contribution is 2.24. The lowest BCUT2D eigenvalue weighted by atomic mass is 9.89. The van der Waals surface area contributed by atoms with Crippen molar-refractivity contribution < 1.29 is 14.6 Å². The van der Waals surface area contributed by atoms with E-state index in [1.165, 1.54) is 11.3 Å². The Bertz CT molecular complexity index is 618. The van der Waals surface area contributed by atoms with Crippen molar-refractivity contribution in [2.45, 2.75) is 54.0 Å². The number of aliphatic hydroxyl groups excluding tert-OH is 1. The van der Waals surface area contributed by atoms with Crippen LogP contribution in [0.15, 0.2) is 4.99 Å². The number of aromatic nitrogens is 1. The minimum absolute atomic E-state index is 0. The van der Waals surface area contributed by atoms with Crippen LogP contribution in [0, 0.1) is 12.3 Å². The molecule has 156 valence electrons. The van der Waals surface area contributed by atoms with E-state index in [2.05, 4.69) is 20.6 Å².